The molecule has 1 aliphatic carbocycles. The summed E-state index contributed by atoms with van der Waals surface area (Å²) in [5, 5.41) is 0. The van der Waals surface area contributed by atoms with Gasteiger partial charge in [0.1, 0.15) is 0 Å². The summed E-state index contributed by atoms with van der Waals surface area (Å²) in [6.07, 6.45) is 2.71. The second-order valence-corrected chi connectivity index (χ2v) is 10.1. The zero-order valence-electron chi connectivity index (χ0n) is 11.4. The van der Waals surface area contributed by atoms with Gasteiger partial charge >= 0.3 is 0 Å². The van der Waals surface area contributed by atoms with Gasteiger partial charge in [-0.25, -0.2) is 0 Å². The van der Waals surface area contributed by atoms with Crippen LogP contribution in [0, 0.1) is 11.8 Å². The van der Waals surface area contributed by atoms with Crippen molar-refractivity contribution in [2.45, 2.75) is 22.8 Å². The summed E-state index contributed by atoms with van der Waals surface area (Å²) < 4.78 is 7.39. The maximum absolute atomic E-state index is 5.79. The number of thioether (sulfide) groups is 2. The molecule has 0 N–H and O–H groups in total. The van der Waals surface area contributed by atoms with Gasteiger partial charge in [0.15, 0.2) is 0 Å². The molecule has 2 heterocycles. The largest absolute Gasteiger partial charge is 0.381 e. The van der Waals surface area contributed by atoms with Crippen molar-refractivity contribution in [1.29, 1.82) is 0 Å². The van der Waals surface area contributed by atoms with Crippen molar-refractivity contribution in [3.05, 3.63) is 34.3 Å². The first-order valence-electron chi connectivity index (χ1n) is 7.40. The van der Waals surface area contributed by atoms with Crippen molar-refractivity contribution in [3.8, 4) is 0 Å². The lowest BCUT2D eigenvalue weighted by molar-refractivity contribution is 0.170. The monoisotopic (exact) mass is 370 g/mol. The molecule has 3 atom stereocenters. The van der Waals surface area contributed by atoms with Crippen LogP contribution in [-0.2, 0) is 4.74 Å². The van der Waals surface area contributed by atoms with Crippen LogP contribution >= 0.6 is 39.5 Å². The Morgan fingerprint density at radius 1 is 1.10 bits per heavy atom. The minimum absolute atomic E-state index is 0.422. The average molecular weight is 371 g/mol. The van der Waals surface area contributed by atoms with Crippen LogP contribution in [0.5, 0.6) is 0 Å². The van der Waals surface area contributed by atoms with Gasteiger partial charge in [0, 0.05) is 17.0 Å². The highest BCUT2D eigenvalue weighted by atomic mass is 79.9. The van der Waals surface area contributed by atoms with Gasteiger partial charge in [-0.2, -0.15) is 0 Å². The first-order chi connectivity index (χ1) is 9.78. The fourth-order valence-corrected chi connectivity index (χ4v) is 8.27. The summed E-state index contributed by atoms with van der Waals surface area (Å²) in [5.41, 5.74) is 1.52. The first kappa shape index (κ1) is 14.0. The Hall–Kier alpha value is 0.360. The van der Waals surface area contributed by atoms with E-state index in [1.165, 1.54) is 34.4 Å². The van der Waals surface area contributed by atoms with Crippen LogP contribution in [0.25, 0.3) is 0 Å². The molecule has 2 aliphatic heterocycles. The molecule has 0 bridgehead atoms. The average Bonchev–Trinajstić information content (AvgIpc) is 3.00. The highest BCUT2D eigenvalue weighted by Crippen LogP contribution is 2.64. The van der Waals surface area contributed by atoms with Crippen LogP contribution in [-0.4, -0.2) is 28.8 Å². The number of ether oxygens (including phenoxy) is 1. The summed E-state index contributed by atoms with van der Waals surface area (Å²) in [4.78, 5) is 0. The number of halogens is 1. The molecule has 1 saturated carbocycles. The van der Waals surface area contributed by atoms with Crippen LogP contribution in [0.4, 0.5) is 0 Å². The zero-order chi connectivity index (χ0) is 13.6. The van der Waals surface area contributed by atoms with Crippen LogP contribution in [0.1, 0.15) is 24.3 Å². The van der Waals surface area contributed by atoms with E-state index in [0.717, 1.165) is 25.0 Å². The predicted molar refractivity (Wildman–Crippen MR) is 91.6 cm³/mol. The molecule has 20 heavy (non-hydrogen) atoms. The van der Waals surface area contributed by atoms with Crippen LogP contribution in [0.15, 0.2) is 28.7 Å². The van der Waals surface area contributed by atoms with Crippen LogP contribution in [0.2, 0.25) is 0 Å². The molecule has 1 spiro atoms. The maximum Gasteiger partial charge on any atom is 0.0686 e. The topological polar surface area (TPSA) is 9.23 Å². The fraction of sp³-hybridized carbons (Fsp3) is 0.625. The molecule has 108 valence electrons. The summed E-state index contributed by atoms with van der Waals surface area (Å²) in [6, 6.07) is 9.05. The zero-order valence-corrected chi connectivity index (χ0v) is 14.6. The molecule has 4 heteroatoms. The number of benzene rings is 1. The lowest BCUT2D eigenvalue weighted by Gasteiger charge is -2.39. The van der Waals surface area contributed by atoms with Gasteiger partial charge in [-0.3, -0.25) is 0 Å². The van der Waals surface area contributed by atoms with Crippen LogP contribution < -0.4 is 0 Å². The Kier molecular flexibility index (Phi) is 3.87. The first-order valence-corrected chi connectivity index (χ1v) is 10.2. The molecule has 1 aromatic carbocycles. The van der Waals surface area contributed by atoms with Gasteiger partial charge < -0.3 is 4.74 Å². The Morgan fingerprint density at radius 3 is 2.60 bits per heavy atom. The fourth-order valence-electron chi connectivity index (χ4n) is 4.07. The minimum Gasteiger partial charge on any atom is -0.381 e. The third-order valence-electron chi connectivity index (χ3n) is 4.91. The number of rotatable bonds is 1. The maximum atomic E-state index is 5.79. The Morgan fingerprint density at radius 2 is 1.85 bits per heavy atom. The third kappa shape index (κ3) is 2.27. The Labute approximate surface area is 137 Å². The molecule has 3 aliphatic rings. The van der Waals surface area contributed by atoms with E-state index in [2.05, 4.69) is 63.7 Å². The standard InChI is InChI=1S/C16H19BrOS2/c17-13-4-2-11(3-5-13)15-14-10-18-9-12(14)8-16(15)19-6-1-7-20-16/h2-5,12,14-15H,1,6-10H2/t12-,14+,15-/m0/s1. The van der Waals surface area contributed by atoms with Gasteiger partial charge in [0.25, 0.3) is 0 Å². The molecule has 0 radical (unpaired) electrons. The van der Waals surface area contributed by atoms with Crippen molar-refractivity contribution >= 4 is 39.5 Å². The summed E-state index contributed by atoms with van der Waals surface area (Å²) in [7, 11) is 0. The van der Waals surface area contributed by atoms with E-state index in [1.807, 2.05) is 0 Å². The van der Waals surface area contributed by atoms with Gasteiger partial charge in [-0.1, -0.05) is 28.1 Å². The van der Waals surface area contributed by atoms with Gasteiger partial charge in [-0.15, -0.1) is 23.5 Å². The minimum atomic E-state index is 0.422. The highest BCUT2D eigenvalue weighted by molar-refractivity contribution is 9.10. The number of hydrogen-bond donors (Lipinski definition) is 0. The quantitative estimate of drug-likeness (QED) is 0.704. The van der Waals surface area contributed by atoms with E-state index in [0.29, 0.717) is 10.00 Å². The van der Waals surface area contributed by atoms with Crippen molar-refractivity contribution < 1.29 is 4.74 Å². The number of fused-ring (bicyclic) bond motifs is 1. The van der Waals surface area contributed by atoms with Crippen molar-refractivity contribution in [3.63, 3.8) is 0 Å². The predicted octanol–water partition coefficient (Wildman–Crippen LogP) is 4.77. The SMILES string of the molecule is Brc1ccc([C@H]2[C@@H]3COC[C@@H]3CC23SCCCS3)cc1. The molecular formula is C16H19BrOS2. The third-order valence-corrected chi connectivity index (χ3v) is 8.95. The normalized spacial score (nSPS) is 35.4. The molecule has 4 rings (SSSR count). The van der Waals surface area contributed by atoms with E-state index in [4.69, 9.17) is 4.74 Å². The number of hydrogen-bond acceptors (Lipinski definition) is 3. The summed E-state index contributed by atoms with van der Waals surface area (Å²) >= 11 is 8.03. The smallest absolute Gasteiger partial charge is 0.0686 e. The molecule has 0 amide bonds. The van der Waals surface area contributed by atoms with Gasteiger partial charge in [0.2, 0.25) is 0 Å². The van der Waals surface area contributed by atoms with Gasteiger partial charge in [0.05, 0.1) is 10.7 Å². The molecule has 3 fully saturated rings. The van der Waals surface area contributed by atoms with Crippen molar-refractivity contribution in [2.75, 3.05) is 24.7 Å². The van der Waals surface area contributed by atoms with E-state index in [-0.39, 0.29) is 0 Å². The van der Waals surface area contributed by atoms with E-state index in [9.17, 15) is 0 Å². The Balaban J connectivity index is 1.73. The van der Waals surface area contributed by atoms with E-state index < -0.39 is 0 Å². The summed E-state index contributed by atoms with van der Waals surface area (Å²) in [5.74, 6) is 4.84. The second kappa shape index (κ2) is 5.53. The van der Waals surface area contributed by atoms with E-state index in [1.54, 1.807) is 0 Å². The van der Waals surface area contributed by atoms with Crippen molar-refractivity contribution in [2.24, 2.45) is 11.8 Å². The summed E-state index contributed by atoms with van der Waals surface area (Å²) in [6.45, 7) is 1.95. The molecule has 0 unspecified atom stereocenters. The molecular weight excluding hydrogens is 352 g/mol. The molecule has 2 saturated heterocycles. The molecule has 1 aromatic rings. The van der Waals surface area contributed by atoms with Gasteiger partial charge in [-0.05, 0) is 53.9 Å². The lowest BCUT2D eigenvalue weighted by Crippen LogP contribution is -2.31. The Bertz CT molecular complexity index is 484. The lowest BCUT2D eigenvalue weighted by atomic mass is 9.86. The second-order valence-electron chi connectivity index (χ2n) is 6.06. The van der Waals surface area contributed by atoms with Crippen LogP contribution in [0.3, 0.4) is 0 Å². The highest BCUT2D eigenvalue weighted by Gasteiger charge is 2.56. The van der Waals surface area contributed by atoms with E-state index >= 15 is 0 Å². The molecule has 1 nitrogen and oxygen atoms in total. The molecule has 0 aromatic heterocycles. The van der Waals surface area contributed by atoms with Crippen molar-refractivity contribution in [1.82, 2.24) is 0 Å².